The van der Waals surface area contributed by atoms with Crippen molar-refractivity contribution < 1.29 is 24.2 Å². The van der Waals surface area contributed by atoms with Crippen LogP contribution in [-0.4, -0.2) is 41.3 Å². The van der Waals surface area contributed by atoms with Crippen molar-refractivity contribution in [3.05, 3.63) is 113 Å². The lowest BCUT2D eigenvalue weighted by Crippen LogP contribution is -2.31. The third-order valence-corrected chi connectivity index (χ3v) is 5.72. The Labute approximate surface area is 191 Å². The number of ether oxygens (including phenoxy) is 1. The number of amides is 1. The molecule has 0 saturated carbocycles. The van der Waals surface area contributed by atoms with Crippen LogP contribution in [0.1, 0.15) is 33.1 Å². The molecule has 166 valence electrons. The maximum atomic E-state index is 13.1. The van der Waals surface area contributed by atoms with E-state index in [2.05, 4.69) is 0 Å². The first kappa shape index (κ1) is 22.0. The lowest BCUT2D eigenvalue weighted by atomic mass is 9.94. The molecule has 1 N–H and O–H groups in total. The zero-order chi connectivity index (χ0) is 23.4. The van der Waals surface area contributed by atoms with Gasteiger partial charge in [-0.1, -0.05) is 72.8 Å². The summed E-state index contributed by atoms with van der Waals surface area (Å²) >= 11 is 0. The van der Waals surface area contributed by atoms with Crippen LogP contribution in [-0.2, 0) is 20.7 Å². The van der Waals surface area contributed by atoms with Crippen LogP contribution in [0.5, 0.6) is 0 Å². The quantitative estimate of drug-likeness (QED) is 0.269. The number of hydrogen-bond acceptors (Lipinski definition) is 5. The van der Waals surface area contributed by atoms with Gasteiger partial charge in [-0.05, 0) is 29.7 Å². The molecule has 1 aliphatic rings. The van der Waals surface area contributed by atoms with Gasteiger partial charge in [0.05, 0.1) is 24.3 Å². The van der Waals surface area contributed by atoms with Gasteiger partial charge in [0.25, 0.3) is 11.7 Å². The van der Waals surface area contributed by atoms with E-state index in [0.29, 0.717) is 29.7 Å². The number of likely N-dealkylation sites (tertiary alicyclic amines) is 1. The molecule has 4 rings (SSSR count). The van der Waals surface area contributed by atoms with Crippen LogP contribution in [0.15, 0.2) is 90.5 Å². The number of aliphatic hydroxyl groups is 1. The molecule has 3 aromatic rings. The number of aliphatic hydroxyl groups excluding tert-OH is 1. The molecule has 1 saturated heterocycles. The Kier molecular flexibility index (Phi) is 6.36. The monoisotopic (exact) mass is 441 g/mol. The third kappa shape index (κ3) is 4.41. The highest BCUT2D eigenvalue weighted by Gasteiger charge is 2.45. The van der Waals surface area contributed by atoms with Crippen molar-refractivity contribution in [2.24, 2.45) is 0 Å². The van der Waals surface area contributed by atoms with E-state index in [9.17, 15) is 19.5 Å². The number of rotatable bonds is 6. The summed E-state index contributed by atoms with van der Waals surface area (Å²) in [5, 5.41) is 11.0. The molecule has 0 radical (unpaired) electrons. The first-order chi connectivity index (χ1) is 16.0. The summed E-state index contributed by atoms with van der Waals surface area (Å²) < 4.78 is 4.75. The number of Topliss-reactive ketones (excluding diaryl/α,β-unsaturated/α-hetero) is 1. The van der Waals surface area contributed by atoms with Gasteiger partial charge in [0, 0.05) is 12.1 Å². The summed E-state index contributed by atoms with van der Waals surface area (Å²) in [4.78, 5) is 39.4. The lowest BCUT2D eigenvalue weighted by molar-refractivity contribution is -0.139. The second kappa shape index (κ2) is 9.53. The van der Waals surface area contributed by atoms with Crippen molar-refractivity contribution >= 4 is 23.4 Å². The Hall–Kier alpha value is -4.19. The summed E-state index contributed by atoms with van der Waals surface area (Å²) in [5.74, 6) is -2.10. The molecule has 6 nitrogen and oxygen atoms in total. The molecule has 1 fully saturated rings. The molecule has 0 aliphatic carbocycles. The second-order valence-corrected chi connectivity index (χ2v) is 7.71. The SMILES string of the molecule is COC(=O)c1ccc(C2/C(=C(\O)c3ccccc3)C(=O)C(=O)N2CCc2ccccc2)cc1. The van der Waals surface area contributed by atoms with E-state index in [4.69, 9.17) is 4.74 Å². The minimum absolute atomic E-state index is 0.0325. The molecule has 1 unspecified atom stereocenters. The molecule has 3 aromatic carbocycles. The largest absolute Gasteiger partial charge is 0.507 e. The highest BCUT2D eigenvalue weighted by atomic mass is 16.5. The fourth-order valence-electron chi connectivity index (χ4n) is 4.02. The first-order valence-electron chi connectivity index (χ1n) is 10.6. The summed E-state index contributed by atoms with van der Waals surface area (Å²) in [5.41, 5.74) is 2.49. The van der Waals surface area contributed by atoms with Gasteiger partial charge in [0.2, 0.25) is 0 Å². The minimum Gasteiger partial charge on any atom is -0.507 e. The molecule has 0 bridgehead atoms. The number of ketones is 1. The van der Waals surface area contributed by atoms with Crippen LogP contribution in [0.4, 0.5) is 0 Å². The smallest absolute Gasteiger partial charge is 0.337 e. The molecule has 33 heavy (non-hydrogen) atoms. The maximum absolute atomic E-state index is 13.1. The molecule has 6 heteroatoms. The van der Waals surface area contributed by atoms with E-state index in [1.807, 2.05) is 30.3 Å². The van der Waals surface area contributed by atoms with Gasteiger partial charge in [-0.15, -0.1) is 0 Å². The van der Waals surface area contributed by atoms with E-state index in [1.54, 1.807) is 54.6 Å². The third-order valence-electron chi connectivity index (χ3n) is 5.72. The van der Waals surface area contributed by atoms with Crippen molar-refractivity contribution in [3.8, 4) is 0 Å². The minimum atomic E-state index is -0.777. The summed E-state index contributed by atoms with van der Waals surface area (Å²) in [7, 11) is 1.30. The van der Waals surface area contributed by atoms with Crippen LogP contribution in [0, 0.1) is 0 Å². The summed E-state index contributed by atoms with van der Waals surface area (Å²) in [6.45, 7) is 0.295. The molecule has 0 aromatic heterocycles. The molecule has 1 heterocycles. The van der Waals surface area contributed by atoms with Crippen molar-refractivity contribution in [1.82, 2.24) is 4.90 Å². The predicted molar refractivity (Wildman–Crippen MR) is 123 cm³/mol. The average Bonchev–Trinajstić information content (AvgIpc) is 3.12. The highest BCUT2D eigenvalue weighted by Crippen LogP contribution is 2.39. The van der Waals surface area contributed by atoms with Gasteiger partial charge in [-0.2, -0.15) is 0 Å². The molecule has 1 atom stereocenters. The fraction of sp³-hybridized carbons (Fsp3) is 0.148. The fourth-order valence-corrected chi connectivity index (χ4v) is 4.02. The van der Waals surface area contributed by atoms with Gasteiger partial charge in [0.15, 0.2) is 0 Å². The Bertz CT molecular complexity index is 1200. The van der Waals surface area contributed by atoms with Gasteiger partial charge >= 0.3 is 5.97 Å². The van der Waals surface area contributed by atoms with Gasteiger partial charge in [0.1, 0.15) is 5.76 Å². The number of methoxy groups -OCH3 is 1. The zero-order valence-corrected chi connectivity index (χ0v) is 18.1. The average molecular weight is 441 g/mol. The van der Waals surface area contributed by atoms with E-state index in [0.717, 1.165) is 5.56 Å². The van der Waals surface area contributed by atoms with E-state index in [-0.39, 0.29) is 11.3 Å². The zero-order valence-electron chi connectivity index (χ0n) is 18.1. The van der Waals surface area contributed by atoms with Crippen molar-refractivity contribution in [1.29, 1.82) is 0 Å². The predicted octanol–water partition coefficient (Wildman–Crippen LogP) is 4.14. The second-order valence-electron chi connectivity index (χ2n) is 7.71. The maximum Gasteiger partial charge on any atom is 0.337 e. The number of benzene rings is 3. The first-order valence-corrected chi connectivity index (χ1v) is 10.6. The molecular weight excluding hydrogens is 418 g/mol. The normalized spacial score (nSPS) is 17.2. The number of nitrogens with zero attached hydrogens (tertiary/aromatic N) is 1. The van der Waals surface area contributed by atoms with Crippen LogP contribution >= 0.6 is 0 Å². The number of esters is 1. The lowest BCUT2D eigenvalue weighted by Gasteiger charge is -2.25. The van der Waals surface area contributed by atoms with Crippen molar-refractivity contribution in [2.45, 2.75) is 12.5 Å². The van der Waals surface area contributed by atoms with Crippen molar-refractivity contribution in [3.63, 3.8) is 0 Å². The van der Waals surface area contributed by atoms with Crippen LogP contribution in [0.25, 0.3) is 5.76 Å². The number of carbonyl (C=O) groups is 3. The summed E-state index contributed by atoms with van der Waals surface area (Å²) in [6, 6.07) is 24.1. The highest BCUT2D eigenvalue weighted by molar-refractivity contribution is 6.46. The van der Waals surface area contributed by atoms with E-state index in [1.165, 1.54) is 12.0 Å². The topological polar surface area (TPSA) is 83.9 Å². The van der Waals surface area contributed by atoms with Crippen LogP contribution < -0.4 is 0 Å². The van der Waals surface area contributed by atoms with Gasteiger partial charge in [-0.3, -0.25) is 9.59 Å². The molecule has 1 amide bonds. The van der Waals surface area contributed by atoms with Crippen molar-refractivity contribution in [2.75, 3.05) is 13.7 Å². The number of hydrogen-bond donors (Lipinski definition) is 1. The Morgan fingerprint density at radius 2 is 1.48 bits per heavy atom. The van der Waals surface area contributed by atoms with E-state index >= 15 is 0 Å². The molecular formula is C27H23NO5. The molecule has 0 spiro atoms. The van der Waals surface area contributed by atoms with Crippen LogP contribution in [0.2, 0.25) is 0 Å². The Balaban J connectivity index is 1.77. The standard InChI is InChI=1S/C27H23NO5/c1-33-27(32)21-14-12-19(13-15-21)23-22(24(29)20-10-6-3-7-11-20)25(30)26(31)28(23)17-16-18-8-4-2-5-9-18/h2-15,23,29H,16-17H2,1H3/b24-22+. The Morgan fingerprint density at radius 1 is 0.879 bits per heavy atom. The Morgan fingerprint density at radius 3 is 2.09 bits per heavy atom. The van der Waals surface area contributed by atoms with E-state index < -0.39 is 23.7 Å². The summed E-state index contributed by atoms with van der Waals surface area (Å²) in [6.07, 6.45) is 0.552. The van der Waals surface area contributed by atoms with Gasteiger partial charge < -0.3 is 14.7 Å². The van der Waals surface area contributed by atoms with Gasteiger partial charge in [-0.25, -0.2) is 4.79 Å². The molecule has 1 aliphatic heterocycles. The van der Waals surface area contributed by atoms with Crippen LogP contribution in [0.3, 0.4) is 0 Å². The number of carbonyl (C=O) groups excluding carboxylic acids is 3.